The van der Waals surface area contributed by atoms with Crippen molar-refractivity contribution in [2.45, 2.75) is 12.2 Å². The highest BCUT2D eigenvalue weighted by Gasteiger charge is 2.28. The number of hydrogen-bond donors (Lipinski definition) is 2. The molecular formula is C13H14FNO5S. The van der Waals surface area contributed by atoms with E-state index in [9.17, 15) is 17.6 Å². The van der Waals surface area contributed by atoms with Gasteiger partial charge in [-0.15, -0.1) is 0 Å². The van der Waals surface area contributed by atoms with Gasteiger partial charge >= 0.3 is 5.97 Å². The Hall–Kier alpha value is -2.11. The van der Waals surface area contributed by atoms with Crippen LogP contribution in [0.3, 0.4) is 0 Å². The molecule has 21 heavy (non-hydrogen) atoms. The number of methoxy groups -OCH3 is 1. The van der Waals surface area contributed by atoms with E-state index >= 15 is 0 Å². The number of halogens is 1. The first-order chi connectivity index (χ1) is 9.81. The predicted octanol–water partition coefficient (Wildman–Crippen LogP) is 0.473. The number of ether oxygens (including phenoxy) is 1. The van der Waals surface area contributed by atoms with Crippen molar-refractivity contribution in [3.8, 4) is 11.8 Å². The molecule has 1 aromatic carbocycles. The van der Waals surface area contributed by atoms with Crippen LogP contribution < -0.4 is 4.72 Å². The monoisotopic (exact) mass is 315 g/mol. The fourth-order valence-electron chi connectivity index (χ4n) is 1.36. The van der Waals surface area contributed by atoms with Crippen LogP contribution in [0.25, 0.3) is 0 Å². The van der Waals surface area contributed by atoms with Crippen molar-refractivity contribution in [2.24, 2.45) is 0 Å². The van der Waals surface area contributed by atoms with Crippen molar-refractivity contribution in [3.63, 3.8) is 0 Å². The van der Waals surface area contributed by atoms with E-state index in [0.29, 0.717) is 0 Å². The van der Waals surface area contributed by atoms with Crippen LogP contribution in [0.4, 0.5) is 10.1 Å². The number of aliphatic hydroxyl groups excluding tert-OH is 1. The lowest BCUT2D eigenvalue weighted by Gasteiger charge is -2.13. The van der Waals surface area contributed by atoms with Crippen molar-refractivity contribution in [2.75, 3.05) is 18.4 Å². The number of anilines is 1. The Morgan fingerprint density at radius 3 is 2.71 bits per heavy atom. The van der Waals surface area contributed by atoms with Gasteiger partial charge in [0.25, 0.3) is 0 Å². The van der Waals surface area contributed by atoms with Gasteiger partial charge in [0.1, 0.15) is 12.4 Å². The summed E-state index contributed by atoms with van der Waals surface area (Å²) in [6.45, 7) is 0.746. The van der Waals surface area contributed by atoms with Gasteiger partial charge in [-0.25, -0.2) is 12.8 Å². The Labute approximate surface area is 122 Å². The molecule has 0 radical (unpaired) electrons. The van der Waals surface area contributed by atoms with Crippen LogP contribution in [-0.2, 0) is 19.6 Å². The van der Waals surface area contributed by atoms with E-state index in [0.717, 1.165) is 20.1 Å². The minimum Gasteiger partial charge on any atom is -0.468 e. The molecule has 0 heterocycles. The number of esters is 1. The summed E-state index contributed by atoms with van der Waals surface area (Å²) in [4.78, 5) is 11.2. The number of carbonyl (C=O) groups is 1. The largest absolute Gasteiger partial charge is 0.468 e. The van der Waals surface area contributed by atoms with Gasteiger partial charge in [0.05, 0.1) is 18.4 Å². The first-order valence-corrected chi connectivity index (χ1v) is 7.35. The molecule has 0 spiro atoms. The normalized spacial score (nSPS) is 12.0. The maximum atomic E-state index is 13.7. The summed E-state index contributed by atoms with van der Waals surface area (Å²) in [6.07, 6.45) is 0. The zero-order chi connectivity index (χ0) is 16.0. The zero-order valence-corrected chi connectivity index (χ0v) is 12.2. The Morgan fingerprint density at radius 1 is 1.52 bits per heavy atom. The summed E-state index contributed by atoms with van der Waals surface area (Å²) in [6, 6.07) is 3.49. The van der Waals surface area contributed by atoms with Gasteiger partial charge in [0.15, 0.2) is 5.25 Å². The number of aliphatic hydroxyl groups is 1. The number of benzene rings is 1. The van der Waals surface area contributed by atoms with Crippen LogP contribution in [0.2, 0.25) is 0 Å². The van der Waals surface area contributed by atoms with Gasteiger partial charge < -0.3 is 9.84 Å². The minimum atomic E-state index is -4.04. The lowest BCUT2D eigenvalue weighted by molar-refractivity contribution is -0.139. The highest BCUT2D eigenvalue weighted by molar-refractivity contribution is 7.94. The summed E-state index contributed by atoms with van der Waals surface area (Å²) in [7, 11) is -2.97. The van der Waals surface area contributed by atoms with Gasteiger partial charge in [-0.05, 0) is 25.1 Å². The molecule has 114 valence electrons. The van der Waals surface area contributed by atoms with Crippen LogP contribution in [0, 0.1) is 17.7 Å². The molecule has 1 unspecified atom stereocenters. The molecular weight excluding hydrogens is 301 g/mol. The molecule has 1 rings (SSSR count). The van der Waals surface area contributed by atoms with Crippen LogP contribution in [0.15, 0.2) is 18.2 Å². The number of sulfonamides is 1. The van der Waals surface area contributed by atoms with E-state index in [1.165, 1.54) is 12.1 Å². The molecule has 0 bridgehead atoms. The molecule has 8 heteroatoms. The average molecular weight is 315 g/mol. The van der Waals surface area contributed by atoms with Gasteiger partial charge in [-0.1, -0.05) is 11.8 Å². The van der Waals surface area contributed by atoms with E-state index in [2.05, 4.69) is 21.3 Å². The smallest absolute Gasteiger partial charge is 0.325 e. The van der Waals surface area contributed by atoms with E-state index in [1.54, 1.807) is 0 Å². The summed E-state index contributed by atoms with van der Waals surface area (Å²) in [5.41, 5.74) is -0.0224. The molecule has 1 atom stereocenters. The minimum absolute atomic E-state index is 0.0213. The van der Waals surface area contributed by atoms with E-state index in [1.807, 2.05) is 0 Å². The third-order valence-electron chi connectivity index (χ3n) is 2.53. The molecule has 0 fully saturated rings. The van der Waals surface area contributed by atoms with Crippen molar-refractivity contribution in [3.05, 3.63) is 29.6 Å². The summed E-state index contributed by atoms with van der Waals surface area (Å²) in [5, 5.41) is 7.10. The second-order valence-electron chi connectivity index (χ2n) is 3.97. The van der Waals surface area contributed by atoms with Gasteiger partial charge in [0.2, 0.25) is 10.0 Å². The van der Waals surface area contributed by atoms with Crippen molar-refractivity contribution < 1.29 is 27.4 Å². The first kappa shape index (κ1) is 16.9. The number of carbonyl (C=O) groups excluding carboxylic acids is 1. The Morgan fingerprint density at radius 2 is 2.19 bits per heavy atom. The molecule has 6 nitrogen and oxygen atoms in total. The Bertz CT molecular complexity index is 690. The second kappa shape index (κ2) is 7.06. The summed E-state index contributed by atoms with van der Waals surface area (Å²) < 4.78 is 43.9. The number of hydrogen-bond acceptors (Lipinski definition) is 5. The molecule has 0 aliphatic carbocycles. The van der Waals surface area contributed by atoms with Gasteiger partial charge in [0, 0.05) is 0 Å². The van der Waals surface area contributed by atoms with Crippen molar-refractivity contribution >= 4 is 21.7 Å². The van der Waals surface area contributed by atoms with Gasteiger partial charge in [-0.3, -0.25) is 9.52 Å². The molecule has 1 aromatic rings. The maximum Gasteiger partial charge on any atom is 0.325 e. The Balaban J connectivity index is 2.99. The molecule has 0 aliphatic heterocycles. The van der Waals surface area contributed by atoms with Gasteiger partial charge in [-0.2, -0.15) is 0 Å². The predicted molar refractivity (Wildman–Crippen MR) is 74.4 cm³/mol. The highest BCUT2D eigenvalue weighted by atomic mass is 32.2. The van der Waals surface area contributed by atoms with Crippen LogP contribution in [0.5, 0.6) is 0 Å². The van der Waals surface area contributed by atoms with Crippen LogP contribution >= 0.6 is 0 Å². The molecule has 2 N–H and O–H groups in total. The molecule has 0 amide bonds. The van der Waals surface area contributed by atoms with Crippen molar-refractivity contribution in [1.29, 1.82) is 0 Å². The SMILES string of the molecule is COC(=O)C(C)S(=O)(=O)Nc1ccc(C#CCO)c(F)c1. The third kappa shape index (κ3) is 4.44. The van der Waals surface area contributed by atoms with E-state index in [4.69, 9.17) is 5.11 Å². The number of rotatable bonds is 4. The van der Waals surface area contributed by atoms with E-state index < -0.39 is 33.7 Å². The fourth-order valence-corrected chi connectivity index (χ4v) is 2.34. The van der Waals surface area contributed by atoms with Crippen LogP contribution in [-0.4, -0.2) is 38.5 Å². The summed E-state index contributed by atoms with van der Waals surface area (Å²) in [5.74, 6) is 2.98. The molecule has 0 saturated heterocycles. The lowest BCUT2D eigenvalue weighted by atomic mass is 10.2. The lowest BCUT2D eigenvalue weighted by Crippen LogP contribution is -2.33. The highest BCUT2D eigenvalue weighted by Crippen LogP contribution is 2.17. The average Bonchev–Trinajstić information content (AvgIpc) is 2.44. The Kier molecular flexibility index (Phi) is 5.69. The van der Waals surface area contributed by atoms with Crippen LogP contribution in [0.1, 0.15) is 12.5 Å². The molecule has 0 saturated carbocycles. The first-order valence-electron chi connectivity index (χ1n) is 5.80. The fraction of sp³-hybridized carbons (Fsp3) is 0.308. The topological polar surface area (TPSA) is 92.7 Å². The maximum absolute atomic E-state index is 13.7. The van der Waals surface area contributed by atoms with Crippen molar-refractivity contribution in [1.82, 2.24) is 0 Å². The zero-order valence-electron chi connectivity index (χ0n) is 11.4. The molecule has 0 aliphatic rings. The summed E-state index contributed by atoms with van der Waals surface area (Å²) >= 11 is 0. The number of nitrogens with one attached hydrogen (secondary N) is 1. The third-order valence-corrected chi connectivity index (χ3v) is 4.17. The van der Waals surface area contributed by atoms with E-state index in [-0.39, 0.29) is 11.3 Å². The second-order valence-corrected chi connectivity index (χ2v) is 5.97. The molecule has 0 aromatic heterocycles. The quantitative estimate of drug-likeness (QED) is 0.622. The standard InChI is InChI=1S/C13H14FNO5S/c1-9(13(17)20-2)21(18,19)15-11-6-5-10(4-3-7-16)12(14)8-11/h5-6,8-9,15-16H,7H2,1-2H3.